The molecular formula is C9H20N2O3S. The smallest absolute Gasteiger partial charge is 0.213 e. The molecule has 0 aromatic carbocycles. The molecule has 1 aliphatic rings. The van der Waals surface area contributed by atoms with Crippen molar-refractivity contribution in [2.75, 3.05) is 32.6 Å². The van der Waals surface area contributed by atoms with Crippen molar-refractivity contribution in [1.82, 2.24) is 10.0 Å². The van der Waals surface area contributed by atoms with Crippen LogP contribution in [0.3, 0.4) is 0 Å². The van der Waals surface area contributed by atoms with Gasteiger partial charge in [0.05, 0.1) is 12.4 Å². The second-order valence-corrected chi connectivity index (χ2v) is 5.71. The van der Waals surface area contributed by atoms with Gasteiger partial charge in [-0.2, -0.15) is 0 Å². The van der Waals surface area contributed by atoms with Crippen molar-refractivity contribution >= 4 is 10.0 Å². The van der Waals surface area contributed by atoms with Crippen LogP contribution in [0.2, 0.25) is 0 Å². The summed E-state index contributed by atoms with van der Waals surface area (Å²) >= 11 is 0. The van der Waals surface area contributed by atoms with E-state index in [0.29, 0.717) is 12.6 Å². The first-order valence-electron chi connectivity index (χ1n) is 5.34. The molecule has 1 saturated heterocycles. The summed E-state index contributed by atoms with van der Waals surface area (Å²) < 4.78 is 30.0. The third kappa shape index (κ3) is 5.46. The van der Waals surface area contributed by atoms with Crippen LogP contribution in [0.5, 0.6) is 0 Å². The maximum absolute atomic E-state index is 11.4. The van der Waals surface area contributed by atoms with E-state index in [1.54, 1.807) is 0 Å². The normalized spacial score (nSPS) is 22.1. The average Bonchev–Trinajstić information content (AvgIpc) is 2.67. The molecule has 0 unspecified atom stereocenters. The number of methoxy groups -OCH3 is 1. The zero-order valence-corrected chi connectivity index (χ0v) is 9.98. The summed E-state index contributed by atoms with van der Waals surface area (Å²) in [5.41, 5.74) is 0. The van der Waals surface area contributed by atoms with E-state index in [2.05, 4.69) is 10.0 Å². The van der Waals surface area contributed by atoms with E-state index in [0.717, 1.165) is 19.4 Å². The monoisotopic (exact) mass is 236 g/mol. The van der Waals surface area contributed by atoms with Crippen molar-refractivity contribution < 1.29 is 13.2 Å². The Morgan fingerprint density at radius 3 is 2.93 bits per heavy atom. The lowest BCUT2D eigenvalue weighted by molar-refractivity contribution is 0.217. The molecule has 0 aromatic rings. The minimum atomic E-state index is -3.14. The third-order valence-electron chi connectivity index (χ3n) is 2.53. The van der Waals surface area contributed by atoms with Gasteiger partial charge in [0, 0.05) is 19.7 Å². The van der Waals surface area contributed by atoms with Crippen molar-refractivity contribution in [3.8, 4) is 0 Å². The van der Waals surface area contributed by atoms with E-state index < -0.39 is 10.0 Å². The zero-order valence-electron chi connectivity index (χ0n) is 9.16. The number of ether oxygens (including phenoxy) is 1. The fourth-order valence-corrected chi connectivity index (χ4v) is 2.62. The topological polar surface area (TPSA) is 67.4 Å². The van der Waals surface area contributed by atoms with Gasteiger partial charge >= 0.3 is 0 Å². The van der Waals surface area contributed by atoms with Crippen LogP contribution >= 0.6 is 0 Å². The molecule has 0 saturated carbocycles. The minimum Gasteiger partial charge on any atom is -0.384 e. The molecule has 0 radical (unpaired) electrons. The van der Waals surface area contributed by atoms with Crippen LogP contribution in [0.4, 0.5) is 0 Å². The molecule has 15 heavy (non-hydrogen) atoms. The molecule has 1 aliphatic heterocycles. The average molecular weight is 236 g/mol. The van der Waals surface area contributed by atoms with E-state index in [1.165, 1.54) is 13.5 Å². The van der Waals surface area contributed by atoms with Gasteiger partial charge in [0.25, 0.3) is 0 Å². The van der Waals surface area contributed by atoms with Crippen LogP contribution in [-0.2, 0) is 14.8 Å². The lowest BCUT2D eigenvalue weighted by Crippen LogP contribution is -2.32. The van der Waals surface area contributed by atoms with Crippen LogP contribution in [-0.4, -0.2) is 47.0 Å². The highest BCUT2D eigenvalue weighted by molar-refractivity contribution is 7.89. The highest BCUT2D eigenvalue weighted by atomic mass is 32.2. The first kappa shape index (κ1) is 12.9. The second kappa shape index (κ2) is 6.42. The molecule has 0 amide bonds. The molecule has 0 aliphatic carbocycles. The number of nitrogens with one attached hydrogen (secondary N) is 2. The van der Waals surface area contributed by atoms with Gasteiger partial charge in [-0.1, -0.05) is 0 Å². The minimum absolute atomic E-state index is 0.0432. The number of hydrogen-bond acceptors (Lipinski definition) is 4. The van der Waals surface area contributed by atoms with Gasteiger partial charge in [-0.3, -0.25) is 0 Å². The van der Waals surface area contributed by atoms with Crippen LogP contribution in [0.25, 0.3) is 0 Å². The maximum Gasteiger partial charge on any atom is 0.213 e. The molecule has 90 valence electrons. The van der Waals surface area contributed by atoms with E-state index in [1.807, 2.05) is 0 Å². The number of hydrogen-bond donors (Lipinski definition) is 2. The summed E-state index contributed by atoms with van der Waals surface area (Å²) in [6.07, 6.45) is 3.22. The van der Waals surface area contributed by atoms with Gasteiger partial charge in [-0.05, 0) is 25.8 Å². The zero-order chi connectivity index (χ0) is 11.1. The molecule has 2 N–H and O–H groups in total. The Morgan fingerprint density at radius 1 is 1.53 bits per heavy atom. The summed E-state index contributed by atoms with van der Waals surface area (Å²) in [6, 6.07) is 0.482. The van der Waals surface area contributed by atoms with Gasteiger partial charge in [-0.15, -0.1) is 0 Å². The predicted molar refractivity (Wildman–Crippen MR) is 59.3 cm³/mol. The van der Waals surface area contributed by atoms with Crippen LogP contribution in [0.15, 0.2) is 0 Å². The summed E-state index contributed by atoms with van der Waals surface area (Å²) in [5.74, 6) is 0.0432. The Bertz CT molecular complexity index is 261. The number of rotatable bonds is 7. The standard InChI is InChI=1S/C9H20N2O3S/c1-14-7-8-15(12,13)11-6-4-9-3-2-5-10-9/h9-11H,2-8H2,1H3/t9-/m1/s1. The highest BCUT2D eigenvalue weighted by Crippen LogP contribution is 2.07. The Labute approximate surface area is 91.6 Å². The molecular weight excluding hydrogens is 216 g/mol. The quantitative estimate of drug-likeness (QED) is 0.636. The van der Waals surface area contributed by atoms with Gasteiger partial charge in [0.15, 0.2) is 0 Å². The third-order valence-corrected chi connectivity index (χ3v) is 3.88. The van der Waals surface area contributed by atoms with Gasteiger partial charge in [-0.25, -0.2) is 13.1 Å². The molecule has 1 atom stereocenters. The van der Waals surface area contributed by atoms with Crippen molar-refractivity contribution in [2.24, 2.45) is 0 Å². The molecule has 6 heteroatoms. The van der Waals surface area contributed by atoms with Crippen molar-refractivity contribution in [2.45, 2.75) is 25.3 Å². The van der Waals surface area contributed by atoms with Crippen molar-refractivity contribution in [1.29, 1.82) is 0 Å². The van der Waals surface area contributed by atoms with Crippen molar-refractivity contribution in [3.05, 3.63) is 0 Å². The maximum atomic E-state index is 11.4. The Hall–Kier alpha value is -0.170. The lowest BCUT2D eigenvalue weighted by Gasteiger charge is -2.10. The summed E-state index contributed by atoms with van der Waals surface area (Å²) in [5, 5.41) is 3.33. The largest absolute Gasteiger partial charge is 0.384 e. The van der Waals surface area contributed by atoms with E-state index in [-0.39, 0.29) is 12.4 Å². The van der Waals surface area contributed by atoms with E-state index >= 15 is 0 Å². The van der Waals surface area contributed by atoms with Crippen LogP contribution < -0.4 is 10.0 Å². The Kier molecular flexibility index (Phi) is 5.52. The fraction of sp³-hybridized carbons (Fsp3) is 1.00. The molecule has 1 heterocycles. The van der Waals surface area contributed by atoms with Gasteiger partial charge < -0.3 is 10.1 Å². The highest BCUT2D eigenvalue weighted by Gasteiger charge is 2.15. The summed E-state index contributed by atoms with van der Waals surface area (Å²) in [6.45, 7) is 1.82. The Morgan fingerprint density at radius 2 is 2.33 bits per heavy atom. The van der Waals surface area contributed by atoms with Crippen LogP contribution in [0.1, 0.15) is 19.3 Å². The first-order valence-corrected chi connectivity index (χ1v) is 6.99. The summed E-state index contributed by atoms with van der Waals surface area (Å²) in [7, 11) is -1.64. The molecule has 0 spiro atoms. The van der Waals surface area contributed by atoms with Crippen LogP contribution in [0, 0.1) is 0 Å². The predicted octanol–water partition coefficient (Wildman–Crippen LogP) is -0.306. The molecule has 1 fully saturated rings. The number of sulfonamides is 1. The second-order valence-electron chi connectivity index (χ2n) is 3.79. The van der Waals surface area contributed by atoms with Crippen molar-refractivity contribution in [3.63, 3.8) is 0 Å². The molecule has 5 nitrogen and oxygen atoms in total. The summed E-state index contributed by atoms with van der Waals surface area (Å²) in [4.78, 5) is 0. The lowest BCUT2D eigenvalue weighted by atomic mass is 10.2. The molecule has 1 rings (SSSR count). The SMILES string of the molecule is COCCS(=O)(=O)NCC[C@H]1CCCN1. The molecule has 0 bridgehead atoms. The molecule has 0 aromatic heterocycles. The van der Waals surface area contributed by atoms with Gasteiger partial charge in [0.2, 0.25) is 10.0 Å². The first-order chi connectivity index (χ1) is 7.14. The van der Waals surface area contributed by atoms with E-state index in [9.17, 15) is 8.42 Å². The fourth-order valence-electron chi connectivity index (χ4n) is 1.66. The van der Waals surface area contributed by atoms with E-state index in [4.69, 9.17) is 4.74 Å². The Balaban J connectivity index is 2.12. The van der Waals surface area contributed by atoms with Gasteiger partial charge in [0.1, 0.15) is 0 Å².